The molecule has 108 valence electrons. The maximum absolute atomic E-state index is 12.7. The van der Waals surface area contributed by atoms with Crippen LogP contribution in [0, 0.1) is 0 Å². The lowest BCUT2D eigenvalue weighted by molar-refractivity contribution is 0.228. The van der Waals surface area contributed by atoms with Crippen LogP contribution >= 0.6 is 7.60 Å². The van der Waals surface area contributed by atoms with Crippen LogP contribution < -0.4 is 10.0 Å². The molecular weight excluding hydrogens is 263 g/mol. The number of hydrogen-bond acceptors (Lipinski definition) is 4. The van der Waals surface area contributed by atoms with Crippen LogP contribution in [0.15, 0.2) is 24.3 Å². The van der Waals surface area contributed by atoms with Gasteiger partial charge in [-0.25, -0.2) is 0 Å². The van der Waals surface area contributed by atoms with Crippen LogP contribution in [0.25, 0.3) is 0 Å². The zero-order chi connectivity index (χ0) is 14.1. The van der Waals surface area contributed by atoms with Crippen molar-refractivity contribution in [3.05, 3.63) is 24.3 Å². The van der Waals surface area contributed by atoms with Gasteiger partial charge in [0.1, 0.15) is 11.1 Å². The molecule has 0 radical (unpaired) electrons. The van der Waals surface area contributed by atoms with E-state index in [-0.39, 0.29) is 0 Å². The highest BCUT2D eigenvalue weighted by Gasteiger charge is 2.30. The molecule has 4 nitrogen and oxygen atoms in total. The number of para-hydroxylation sites is 1. The summed E-state index contributed by atoms with van der Waals surface area (Å²) < 4.78 is 29.1. The maximum Gasteiger partial charge on any atom is 0.365 e. The van der Waals surface area contributed by atoms with Gasteiger partial charge in [0.25, 0.3) is 0 Å². The molecule has 0 N–H and O–H groups in total. The van der Waals surface area contributed by atoms with Crippen molar-refractivity contribution in [2.75, 3.05) is 19.8 Å². The smallest absolute Gasteiger partial charge is 0.365 e. The second-order valence-electron chi connectivity index (χ2n) is 4.00. The molecular formula is C14H23O4P. The first-order chi connectivity index (χ1) is 9.18. The Morgan fingerprint density at radius 3 is 2.26 bits per heavy atom. The molecule has 0 aliphatic heterocycles. The van der Waals surface area contributed by atoms with Crippen molar-refractivity contribution in [2.24, 2.45) is 0 Å². The molecule has 0 bridgehead atoms. The Morgan fingerprint density at radius 1 is 1.05 bits per heavy atom. The minimum atomic E-state index is -3.28. The van der Waals surface area contributed by atoms with Gasteiger partial charge in [0, 0.05) is 0 Å². The lowest BCUT2D eigenvalue weighted by Gasteiger charge is -2.20. The topological polar surface area (TPSA) is 44.8 Å². The highest BCUT2D eigenvalue weighted by molar-refractivity contribution is 7.62. The van der Waals surface area contributed by atoms with Crippen LogP contribution in [0.5, 0.6) is 5.75 Å². The monoisotopic (exact) mass is 286 g/mol. The van der Waals surface area contributed by atoms with E-state index in [9.17, 15) is 4.57 Å². The van der Waals surface area contributed by atoms with E-state index in [2.05, 4.69) is 6.92 Å². The van der Waals surface area contributed by atoms with Crippen molar-refractivity contribution in [3.8, 4) is 5.75 Å². The Hall–Kier alpha value is -0.830. The summed E-state index contributed by atoms with van der Waals surface area (Å²) in [4.78, 5) is 0. The first-order valence-electron chi connectivity index (χ1n) is 6.79. The number of benzene rings is 1. The molecule has 0 fully saturated rings. The average molecular weight is 286 g/mol. The van der Waals surface area contributed by atoms with Crippen LogP contribution in [-0.4, -0.2) is 19.8 Å². The Morgan fingerprint density at radius 2 is 1.68 bits per heavy atom. The predicted molar refractivity (Wildman–Crippen MR) is 77.3 cm³/mol. The zero-order valence-electron chi connectivity index (χ0n) is 11.9. The minimum Gasteiger partial charge on any atom is -0.493 e. The Kier molecular flexibility index (Phi) is 7.14. The molecule has 19 heavy (non-hydrogen) atoms. The molecule has 0 atom stereocenters. The lowest BCUT2D eigenvalue weighted by Crippen LogP contribution is -2.14. The zero-order valence-corrected chi connectivity index (χ0v) is 12.8. The van der Waals surface area contributed by atoms with Gasteiger partial charge in [-0.05, 0) is 32.4 Å². The van der Waals surface area contributed by atoms with E-state index in [1.807, 2.05) is 12.1 Å². The predicted octanol–water partition coefficient (Wildman–Crippen LogP) is 3.76. The van der Waals surface area contributed by atoms with Gasteiger partial charge in [0.2, 0.25) is 0 Å². The molecule has 0 heterocycles. The highest BCUT2D eigenvalue weighted by atomic mass is 31.2. The Balaban J connectivity index is 2.98. The van der Waals surface area contributed by atoms with Crippen molar-refractivity contribution in [3.63, 3.8) is 0 Å². The van der Waals surface area contributed by atoms with Gasteiger partial charge in [-0.3, -0.25) is 4.57 Å². The number of ether oxygens (including phenoxy) is 1. The molecule has 1 rings (SSSR count). The summed E-state index contributed by atoms with van der Waals surface area (Å²) in [6.07, 6.45) is 2.01. The molecule has 1 aromatic carbocycles. The second kappa shape index (κ2) is 8.36. The van der Waals surface area contributed by atoms with Crippen molar-refractivity contribution in [1.29, 1.82) is 0 Å². The molecule has 0 saturated carbocycles. The SMILES string of the molecule is CCCCOc1ccccc1P(=O)(OCC)OCC. The number of rotatable bonds is 9. The van der Waals surface area contributed by atoms with E-state index in [1.54, 1.807) is 26.0 Å². The van der Waals surface area contributed by atoms with Crippen LogP contribution in [-0.2, 0) is 13.6 Å². The number of unbranched alkanes of at least 4 members (excludes halogenated alkanes) is 1. The first kappa shape index (κ1) is 16.2. The minimum absolute atomic E-state index is 0.334. The van der Waals surface area contributed by atoms with Crippen molar-refractivity contribution in [1.82, 2.24) is 0 Å². The van der Waals surface area contributed by atoms with Crippen LogP contribution in [0.1, 0.15) is 33.6 Å². The van der Waals surface area contributed by atoms with Gasteiger partial charge >= 0.3 is 7.60 Å². The van der Waals surface area contributed by atoms with Gasteiger partial charge in [-0.1, -0.05) is 25.5 Å². The van der Waals surface area contributed by atoms with Crippen molar-refractivity contribution in [2.45, 2.75) is 33.6 Å². The van der Waals surface area contributed by atoms with E-state index >= 15 is 0 Å². The third-order valence-corrected chi connectivity index (χ3v) is 4.67. The largest absolute Gasteiger partial charge is 0.493 e. The molecule has 0 saturated heterocycles. The molecule has 0 unspecified atom stereocenters. The van der Waals surface area contributed by atoms with Crippen molar-refractivity contribution < 1.29 is 18.3 Å². The summed E-state index contributed by atoms with van der Waals surface area (Å²) in [5.74, 6) is 0.584. The van der Waals surface area contributed by atoms with E-state index in [0.717, 1.165) is 12.8 Å². The fourth-order valence-corrected chi connectivity index (χ4v) is 3.36. The van der Waals surface area contributed by atoms with Gasteiger partial charge in [-0.15, -0.1) is 0 Å². The van der Waals surface area contributed by atoms with Crippen LogP contribution in [0.2, 0.25) is 0 Å². The first-order valence-corrected chi connectivity index (χ1v) is 8.33. The van der Waals surface area contributed by atoms with E-state index in [0.29, 0.717) is 30.9 Å². The van der Waals surface area contributed by atoms with Gasteiger partial charge in [0.15, 0.2) is 0 Å². The Bertz CT molecular complexity index is 410. The molecule has 0 amide bonds. The third kappa shape index (κ3) is 4.64. The van der Waals surface area contributed by atoms with Gasteiger partial charge in [0.05, 0.1) is 19.8 Å². The number of hydrogen-bond donors (Lipinski definition) is 0. The van der Waals surface area contributed by atoms with Crippen LogP contribution in [0.4, 0.5) is 0 Å². The Labute approximate surface area is 115 Å². The molecule has 0 aliphatic rings. The molecule has 1 aromatic rings. The third-order valence-electron chi connectivity index (χ3n) is 2.51. The van der Waals surface area contributed by atoms with E-state index in [1.165, 1.54) is 0 Å². The summed E-state index contributed by atoms with van der Waals surface area (Å²) in [6, 6.07) is 7.21. The van der Waals surface area contributed by atoms with Gasteiger partial charge < -0.3 is 13.8 Å². The quantitative estimate of drug-likeness (QED) is 0.512. The molecule has 0 spiro atoms. The normalized spacial score (nSPS) is 11.5. The summed E-state index contributed by atoms with van der Waals surface area (Å²) in [6.45, 7) is 6.96. The molecule has 0 aromatic heterocycles. The standard InChI is InChI=1S/C14H23O4P/c1-4-7-12-16-13-10-8-9-11-14(13)19(15,17-5-2)18-6-3/h8-11H,4-7,12H2,1-3H3. The lowest BCUT2D eigenvalue weighted by atomic mass is 10.3. The summed E-state index contributed by atoms with van der Waals surface area (Å²) in [5, 5.41) is 0.509. The van der Waals surface area contributed by atoms with E-state index in [4.69, 9.17) is 13.8 Å². The fourth-order valence-electron chi connectivity index (χ4n) is 1.65. The molecule has 0 aliphatic carbocycles. The maximum atomic E-state index is 12.7. The second-order valence-corrected chi connectivity index (χ2v) is 6.00. The summed E-state index contributed by atoms with van der Waals surface area (Å²) >= 11 is 0. The summed E-state index contributed by atoms with van der Waals surface area (Å²) in [7, 11) is -3.28. The summed E-state index contributed by atoms with van der Waals surface area (Å²) in [5.41, 5.74) is 0. The van der Waals surface area contributed by atoms with Gasteiger partial charge in [-0.2, -0.15) is 0 Å². The fraction of sp³-hybridized carbons (Fsp3) is 0.571. The van der Waals surface area contributed by atoms with E-state index < -0.39 is 7.60 Å². The van der Waals surface area contributed by atoms with Crippen LogP contribution in [0.3, 0.4) is 0 Å². The van der Waals surface area contributed by atoms with Crippen molar-refractivity contribution >= 4 is 12.9 Å². The average Bonchev–Trinajstić information content (AvgIpc) is 2.40. The highest BCUT2D eigenvalue weighted by Crippen LogP contribution is 2.49. The molecule has 5 heteroatoms.